The summed E-state index contributed by atoms with van der Waals surface area (Å²) in [4.78, 5) is 0. The van der Waals surface area contributed by atoms with Crippen molar-refractivity contribution in [3.63, 3.8) is 0 Å². The first kappa shape index (κ1) is 21.2. The van der Waals surface area contributed by atoms with E-state index in [9.17, 15) is 0 Å². The summed E-state index contributed by atoms with van der Waals surface area (Å²) >= 11 is 0. The molecule has 29 heavy (non-hydrogen) atoms. The third-order valence-corrected chi connectivity index (χ3v) is 8.68. The van der Waals surface area contributed by atoms with Gasteiger partial charge in [0.1, 0.15) is 0 Å². The van der Waals surface area contributed by atoms with E-state index in [0.29, 0.717) is 16.9 Å². The molecule has 160 valence electrons. The number of hydrogen-bond donors (Lipinski definition) is 0. The highest BCUT2D eigenvalue weighted by molar-refractivity contribution is 5.33. The fraction of sp³-hybridized carbons (Fsp3) is 0.714. The second-order valence-electron chi connectivity index (χ2n) is 10.3. The van der Waals surface area contributed by atoms with E-state index in [1.165, 1.54) is 77.0 Å². The van der Waals surface area contributed by atoms with Crippen LogP contribution in [0.25, 0.3) is 0 Å². The van der Waals surface area contributed by atoms with Gasteiger partial charge >= 0.3 is 0 Å². The highest BCUT2D eigenvalue weighted by Gasteiger charge is 2.48. The lowest BCUT2D eigenvalue weighted by atomic mass is 9.51. The molecule has 0 unspecified atom stereocenters. The molecule has 4 saturated carbocycles. The Kier molecular flexibility index (Phi) is 6.84. The van der Waals surface area contributed by atoms with Gasteiger partial charge in [-0.1, -0.05) is 56.7 Å². The maximum absolute atomic E-state index is 6.04. The topological polar surface area (TPSA) is 9.23 Å². The molecular weight excluding hydrogens is 352 g/mol. The predicted octanol–water partition coefficient (Wildman–Crippen LogP) is 8.09. The number of rotatable bonds is 8. The molecule has 2 bridgehead atoms. The van der Waals surface area contributed by atoms with E-state index in [1.54, 1.807) is 11.1 Å². The zero-order valence-corrected chi connectivity index (χ0v) is 18.9. The maximum atomic E-state index is 6.04. The molecule has 0 aromatic heterocycles. The van der Waals surface area contributed by atoms with E-state index in [0.717, 1.165) is 18.9 Å². The average molecular weight is 395 g/mol. The van der Waals surface area contributed by atoms with Crippen LogP contribution in [0.3, 0.4) is 0 Å². The molecule has 4 fully saturated rings. The van der Waals surface area contributed by atoms with Crippen molar-refractivity contribution >= 4 is 0 Å². The molecule has 1 nitrogen and oxygen atoms in total. The number of allylic oxidation sites excluding steroid dienone is 1. The second kappa shape index (κ2) is 9.38. The first-order chi connectivity index (χ1) is 14.2. The summed E-state index contributed by atoms with van der Waals surface area (Å²) in [7, 11) is 0. The standard InChI is InChI=1S/C28H42O/c1-3-5-6-22-29-26-13-9-24(10-14-26)23-7-11-25(12-8-23)28-19-16-27(15-4-2,17-20-28)18-21-28/h5-8,11-12,24,26H,3-4,9-10,13-22H2,1-2H3/t24-,26-,27?,28?. The number of benzene rings is 1. The molecular formula is C28H42O. The fourth-order valence-electron chi connectivity index (χ4n) is 6.70. The van der Waals surface area contributed by atoms with Crippen molar-refractivity contribution in [3.05, 3.63) is 47.5 Å². The third kappa shape index (κ3) is 4.66. The average Bonchev–Trinajstić information content (AvgIpc) is 2.79. The highest BCUT2D eigenvalue weighted by atomic mass is 16.5. The molecule has 0 radical (unpaired) electrons. The van der Waals surface area contributed by atoms with Gasteiger partial charge in [-0.15, -0.1) is 0 Å². The summed E-state index contributed by atoms with van der Waals surface area (Å²) in [5, 5.41) is 0. The Balaban J connectivity index is 1.31. The summed E-state index contributed by atoms with van der Waals surface area (Å²) in [5.41, 5.74) is 4.43. The van der Waals surface area contributed by atoms with Crippen LogP contribution in [0.4, 0.5) is 0 Å². The molecule has 0 heterocycles. The second-order valence-corrected chi connectivity index (χ2v) is 10.3. The van der Waals surface area contributed by atoms with Crippen molar-refractivity contribution in [2.45, 2.75) is 115 Å². The van der Waals surface area contributed by atoms with E-state index < -0.39 is 0 Å². The Labute approximate surface area is 179 Å². The zero-order chi connectivity index (χ0) is 20.2. The quantitative estimate of drug-likeness (QED) is 0.405. The molecule has 0 saturated heterocycles. The number of fused-ring (bicyclic) bond motifs is 3. The zero-order valence-electron chi connectivity index (χ0n) is 18.9. The van der Waals surface area contributed by atoms with Crippen molar-refractivity contribution in [3.8, 4) is 0 Å². The van der Waals surface area contributed by atoms with Gasteiger partial charge in [0, 0.05) is 0 Å². The van der Waals surface area contributed by atoms with E-state index >= 15 is 0 Å². The lowest BCUT2D eigenvalue weighted by Crippen LogP contribution is -2.44. The summed E-state index contributed by atoms with van der Waals surface area (Å²) in [6, 6.07) is 9.96. The molecule has 0 spiro atoms. The van der Waals surface area contributed by atoms with Crippen LogP contribution >= 0.6 is 0 Å². The highest BCUT2D eigenvalue weighted by Crippen LogP contribution is 2.59. The summed E-state index contributed by atoms with van der Waals surface area (Å²) in [6.45, 7) is 5.33. The molecule has 4 aliphatic rings. The minimum atomic E-state index is 0.471. The van der Waals surface area contributed by atoms with Crippen molar-refractivity contribution in [1.29, 1.82) is 0 Å². The van der Waals surface area contributed by atoms with Crippen LogP contribution in [-0.2, 0) is 10.2 Å². The van der Waals surface area contributed by atoms with E-state index in [2.05, 4.69) is 50.3 Å². The van der Waals surface area contributed by atoms with Gasteiger partial charge < -0.3 is 4.74 Å². The van der Waals surface area contributed by atoms with Gasteiger partial charge in [-0.3, -0.25) is 0 Å². The number of ether oxygens (including phenoxy) is 1. The van der Waals surface area contributed by atoms with Gasteiger partial charge in [-0.05, 0) is 105 Å². The normalized spacial score (nSPS) is 34.7. The Morgan fingerprint density at radius 3 is 2.10 bits per heavy atom. The molecule has 1 heteroatoms. The molecule has 1 aromatic rings. The van der Waals surface area contributed by atoms with Gasteiger partial charge in [0.2, 0.25) is 0 Å². The van der Waals surface area contributed by atoms with Crippen molar-refractivity contribution in [2.24, 2.45) is 5.41 Å². The molecule has 0 aliphatic heterocycles. The van der Waals surface area contributed by atoms with Crippen LogP contribution < -0.4 is 0 Å². The lowest BCUT2D eigenvalue weighted by molar-refractivity contribution is 0.0320. The SMILES string of the molecule is CCC=CCO[C@H]1CC[C@H](c2ccc(C34CCC(CCC)(CC3)CC4)cc2)CC1. The maximum Gasteiger partial charge on any atom is 0.0651 e. The monoisotopic (exact) mass is 394 g/mol. The van der Waals surface area contributed by atoms with Crippen molar-refractivity contribution in [1.82, 2.24) is 0 Å². The molecule has 0 N–H and O–H groups in total. The van der Waals surface area contributed by atoms with E-state index in [4.69, 9.17) is 4.74 Å². The van der Waals surface area contributed by atoms with Crippen LogP contribution in [0, 0.1) is 5.41 Å². The van der Waals surface area contributed by atoms with Gasteiger partial charge in [0.25, 0.3) is 0 Å². The largest absolute Gasteiger partial charge is 0.374 e. The number of hydrogen-bond acceptors (Lipinski definition) is 1. The smallest absolute Gasteiger partial charge is 0.0651 e. The lowest BCUT2D eigenvalue weighted by Gasteiger charge is -2.54. The Morgan fingerprint density at radius 1 is 0.862 bits per heavy atom. The Bertz CT molecular complexity index is 638. The van der Waals surface area contributed by atoms with Crippen LogP contribution in [0.2, 0.25) is 0 Å². The molecule has 1 aromatic carbocycles. The van der Waals surface area contributed by atoms with Crippen molar-refractivity contribution in [2.75, 3.05) is 6.61 Å². The fourth-order valence-corrected chi connectivity index (χ4v) is 6.70. The van der Waals surface area contributed by atoms with Crippen LogP contribution in [0.15, 0.2) is 36.4 Å². The van der Waals surface area contributed by atoms with Crippen LogP contribution in [0.5, 0.6) is 0 Å². The molecule has 5 rings (SSSR count). The Hall–Kier alpha value is -1.08. The van der Waals surface area contributed by atoms with Crippen LogP contribution in [-0.4, -0.2) is 12.7 Å². The van der Waals surface area contributed by atoms with Crippen molar-refractivity contribution < 1.29 is 4.74 Å². The summed E-state index contributed by atoms with van der Waals surface area (Å²) in [5.74, 6) is 0.738. The molecule has 0 amide bonds. The predicted molar refractivity (Wildman–Crippen MR) is 124 cm³/mol. The third-order valence-electron chi connectivity index (χ3n) is 8.68. The first-order valence-corrected chi connectivity index (χ1v) is 12.6. The van der Waals surface area contributed by atoms with Crippen LogP contribution in [0.1, 0.15) is 114 Å². The Morgan fingerprint density at radius 2 is 1.52 bits per heavy atom. The van der Waals surface area contributed by atoms with Gasteiger partial charge in [0.15, 0.2) is 0 Å². The van der Waals surface area contributed by atoms with E-state index in [-0.39, 0.29) is 0 Å². The van der Waals surface area contributed by atoms with Gasteiger partial charge in [-0.2, -0.15) is 0 Å². The first-order valence-electron chi connectivity index (χ1n) is 12.6. The summed E-state index contributed by atoms with van der Waals surface area (Å²) < 4.78 is 6.04. The molecule has 4 aliphatic carbocycles. The molecule has 0 atom stereocenters. The minimum Gasteiger partial charge on any atom is -0.374 e. The van der Waals surface area contributed by atoms with Gasteiger partial charge in [0.05, 0.1) is 12.7 Å². The van der Waals surface area contributed by atoms with Gasteiger partial charge in [-0.25, -0.2) is 0 Å². The minimum absolute atomic E-state index is 0.471. The summed E-state index contributed by atoms with van der Waals surface area (Å²) in [6.07, 6.45) is 22.5. The van der Waals surface area contributed by atoms with E-state index in [1.807, 2.05) is 0 Å².